The molecule has 35 heavy (non-hydrogen) atoms. The molecule has 0 bridgehead atoms. The van der Waals surface area contributed by atoms with Crippen molar-refractivity contribution in [3.8, 4) is 17.6 Å². The summed E-state index contributed by atoms with van der Waals surface area (Å²) >= 11 is 1.65. The Hall–Kier alpha value is -4.21. The van der Waals surface area contributed by atoms with Crippen molar-refractivity contribution in [1.82, 2.24) is 0 Å². The zero-order valence-electron chi connectivity index (χ0n) is 19.0. The molecule has 1 unspecified atom stereocenters. The van der Waals surface area contributed by atoms with Gasteiger partial charge in [0, 0.05) is 16.5 Å². The molecular formula is C29H22N2O3S. The summed E-state index contributed by atoms with van der Waals surface area (Å²) < 4.78 is 11.4. The molecule has 0 aliphatic carbocycles. The minimum Gasteiger partial charge on any atom is -0.440 e. The normalized spacial score (nSPS) is 14.7. The van der Waals surface area contributed by atoms with E-state index in [0.29, 0.717) is 17.1 Å². The van der Waals surface area contributed by atoms with Gasteiger partial charge in [-0.05, 0) is 46.4 Å². The second-order valence-electron chi connectivity index (χ2n) is 8.19. The number of carbonyl (C=O) groups is 1. The molecule has 5 nitrogen and oxygen atoms in total. The van der Waals surface area contributed by atoms with Gasteiger partial charge < -0.3 is 15.2 Å². The van der Waals surface area contributed by atoms with Crippen LogP contribution in [0.4, 0.5) is 0 Å². The van der Waals surface area contributed by atoms with Crippen molar-refractivity contribution >= 4 is 28.5 Å². The molecule has 0 amide bonds. The Labute approximate surface area is 207 Å². The van der Waals surface area contributed by atoms with Crippen LogP contribution in [0.1, 0.15) is 22.6 Å². The van der Waals surface area contributed by atoms with E-state index < -0.39 is 0 Å². The minimum atomic E-state index is -0.373. The Balaban J connectivity index is 1.42. The fraction of sp³-hybridized carbons (Fsp3) is 0.103. The van der Waals surface area contributed by atoms with E-state index in [2.05, 4.69) is 6.07 Å². The van der Waals surface area contributed by atoms with Gasteiger partial charge in [0.1, 0.15) is 23.1 Å². The van der Waals surface area contributed by atoms with Crippen molar-refractivity contribution in [2.75, 3.05) is 6.26 Å². The Kier molecular flexibility index (Phi) is 6.17. The number of esters is 1. The molecule has 1 aliphatic heterocycles. The number of nitriles is 1. The van der Waals surface area contributed by atoms with E-state index in [-0.39, 0.29) is 24.2 Å². The molecule has 0 radical (unpaired) electrons. The van der Waals surface area contributed by atoms with Gasteiger partial charge in [-0.2, -0.15) is 5.26 Å². The van der Waals surface area contributed by atoms with Crippen LogP contribution in [0, 0.1) is 11.3 Å². The van der Waals surface area contributed by atoms with Gasteiger partial charge in [0.2, 0.25) is 5.88 Å². The smallest absolute Gasteiger partial charge is 0.315 e. The van der Waals surface area contributed by atoms with E-state index in [9.17, 15) is 10.1 Å². The average Bonchev–Trinajstić information content (AvgIpc) is 2.88. The number of hydrogen-bond donors (Lipinski definition) is 1. The zero-order valence-corrected chi connectivity index (χ0v) is 19.8. The van der Waals surface area contributed by atoms with Gasteiger partial charge in [0.15, 0.2) is 0 Å². The second-order valence-corrected chi connectivity index (χ2v) is 9.07. The van der Waals surface area contributed by atoms with Crippen LogP contribution < -0.4 is 15.2 Å². The fourth-order valence-corrected chi connectivity index (χ4v) is 4.82. The SMILES string of the molecule is CSc1ccc(C2C(C#N)=C(N)Oc3cc(OC(=O)Cc4cccc5ccccc45)ccc32)cc1. The molecule has 1 heterocycles. The number of fused-ring (bicyclic) bond motifs is 2. The van der Waals surface area contributed by atoms with Crippen LogP contribution in [0.25, 0.3) is 10.8 Å². The molecule has 172 valence electrons. The lowest BCUT2D eigenvalue weighted by Gasteiger charge is -2.26. The Morgan fingerprint density at radius 1 is 1.06 bits per heavy atom. The van der Waals surface area contributed by atoms with Crippen LogP contribution in [0.5, 0.6) is 11.5 Å². The lowest BCUT2D eigenvalue weighted by Crippen LogP contribution is -2.21. The maximum absolute atomic E-state index is 12.8. The number of thioether (sulfide) groups is 1. The van der Waals surface area contributed by atoms with Crippen LogP contribution in [-0.2, 0) is 11.2 Å². The maximum atomic E-state index is 12.8. The number of hydrogen-bond acceptors (Lipinski definition) is 6. The Morgan fingerprint density at radius 2 is 1.83 bits per heavy atom. The lowest BCUT2D eigenvalue weighted by atomic mass is 9.83. The van der Waals surface area contributed by atoms with Gasteiger partial charge in [0.25, 0.3) is 0 Å². The van der Waals surface area contributed by atoms with Gasteiger partial charge in [0.05, 0.1) is 12.3 Å². The first-order chi connectivity index (χ1) is 17.1. The van der Waals surface area contributed by atoms with Gasteiger partial charge in [-0.1, -0.05) is 60.7 Å². The molecule has 5 rings (SSSR count). The third-order valence-electron chi connectivity index (χ3n) is 6.09. The molecule has 0 saturated carbocycles. The number of ether oxygens (including phenoxy) is 2. The van der Waals surface area contributed by atoms with Crippen LogP contribution in [0.15, 0.2) is 101 Å². The van der Waals surface area contributed by atoms with E-state index in [1.165, 1.54) is 0 Å². The monoisotopic (exact) mass is 478 g/mol. The fourth-order valence-electron chi connectivity index (χ4n) is 4.41. The summed E-state index contributed by atoms with van der Waals surface area (Å²) in [7, 11) is 0. The quantitative estimate of drug-likeness (QED) is 0.217. The largest absolute Gasteiger partial charge is 0.440 e. The molecule has 0 aromatic heterocycles. The average molecular weight is 479 g/mol. The highest BCUT2D eigenvalue weighted by Crippen LogP contribution is 2.43. The molecule has 4 aromatic rings. The summed E-state index contributed by atoms with van der Waals surface area (Å²) in [6.45, 7) is 0. The lowest BCUT2D eigenvalue weighted by molar-refractivity contribution is -0.133. The summed E-state index contributed by atoms with van der Waals surface area (Å²) in [5, 5.41) is 11.9. The number of allylic oxidation sites excluding steroid dienone is 1. The van der Waals surface area contributed by atoms with Crippen molar-refractivity contribution in [1.29, 1.82) is 5.26 Å². The first kappa shape index (κ1) is 22.6. The Morgan fingerprint density at radius 3 is 2.60 bits per heavy atom. The predicted octanol–water partition coefficient (Wildman–Crippen LogP) is 5.93. The van der Waals surface area contributed by atoms with Crippen molar-refractivity contribution in [3.63, 3.8) is 0 Å². The molecule has 0 fully saturated rings. The van der Waals surface area contributed by atoms with Crippen molar-refractivity contribution in [2.45, 2.75) is 17.2 Å². The van der Waals surface area contributed by atoms with Crippen LogP contribution in [-0.4, -0.2) is 12.2 Å². The highest BCUT2D eigenvalue weighted by Gasteiger charge is 2.31. The highest BCUT2D eigenvalue weighted by atomic mass is 32.2. The number of nitrogens with zero attached hydrogens (tertiary/aromatic N) is 1. The minimum absolute atomic E-state index is 0.0539. The third-order valence-corrected chi connectivity index (χ3v) is 6.83. The number of nitrogens with two attached hydrogens (primary N) is 1. The molecule has 2 N–H and O–H groups in total. The maximum Gasteiger partial charge on any atom is 0.315 e. The molecule has 1 atom stereocenters. The zero-order chi connectivity index (χ0) is 24.4. The van der Waals surface area contributed by atoms with E-state index in [0.717, 1.165) is 32.4 Å². The van der Waals surface area contributed by atoms with Gasteiger partial charge in [-0.15, -0.1) is 11.8 Å². The van der Waals surface area contributed by atoms with Gasteiger partial charge >= 0.3 is 5.97 Å². The van der Waals surface area contributed by atoms with Crippen LogP contribution >= 0.6 is 11.8 Å². The van der Waals surface area contributed by atoms with Crippen molar-refractivity contribution in [3.05, 3.63) is 113 Å². The topological polar surface area (TPSA) is 85.3 Å². The van der Waals surface area contributed by atoms with Crippen LogP contribution in [0.3, 0.4) is 0 Å². The number of benzene rings is 4. The molecule has 0 saturated heterocycles. The van der Waals surface area contributed by atoms with Crippen molar-refractivity contribution < 1.29 is 14.3 Å². The standard InChI is InChI=1S/C29H22N2O3S/c1-35-22-12-9-19(10-13-22)28-24-14-11-21(16-26(24)34-29(31)25(28)17-30)33-27(32)15-20-7-4-6-18-5-2-3-8-23(18)20/h2-14,16,28H,15,31H2,1H3. The molecule has 1 aliphatic rings. The van der Waals surface area contributed by atoms with Crippen molar-refractivity contribution in [2.24, 2.45) is 5.73 Å². The summed E-state index contributed by atoms with van der Waals surface area (Å²) in [5.74, 6) is 0.149. The summed E-state index contributed by atoms with van der Waals surface area (Å²) in [6, 6.07) is 29.3. The summed E-state index contributed by atoms with van der Waals surface area (Å²) in [5.41, 5.74) is 9.11. The van der Waals surface area contributed by atoms with E-state index >= 15 is 0 Å². The first-order valence-corrected chi connectivity index (χ1v) is 12.3. The predicted molar refractivity (Wildman–Crippen MR) is 137 cm³/mol. The molecule has 6 heteroatoms. The first-order valence-electron chi connectivity index (χ1n) is 11.1. The molecular weight excluding hydrogens is 456 g/mol. The second kappa shape index (κ2) is 9.57. The Bertz CT molecular complexity index is 1500. The van der Waals surface area contributed by atoms with Gasteiger partial charge in [-0.25, -0.2) is 0 Å². The van der Waals surface area contributed by atoms with E-state index in [1.54, 1.807) is 23.9 Å². The summed E-state index contributed by atoms with van der Waals surface area (Å²) in [6.07, 6.45) is 2.16. The third kappa shape index (κ3) is 4.46. The molecule has 0 spiro atoms. The van der Waals surface area contributed by atoms with Crippen LogP contribution in [0.2, 0.25) is 0 Å². The summed E-state index contributed by atoms with van der Waals surface area (Å²) in [4.78, 5) is 13.9. The number of carbonyl (C=O) groups excluding carboxylic acids is 1. The number of rotatable bonds is 5. The van der Waals surface area contributed by atoms with Gasteiger partial charge in [-0.3, -0.25) is 4.79 Å². The van der Waals surface area contributed by atoms with E-state index in [1.807, 2.05) is 79.1 Å². The van der Waals surface area contributed by atoms with E-state index in [4.69, 9.17) is 15.2 Å². The highest BCUT2D eigenvalue weighted by molar-refractivity contribution is 7.98. The molecule has 4 aromatic carbocycles.